The third-order valence-electron chi connectivity index (χ3n) is 5.54. The van der Waals surface area contributed by atoms with Gasteiger partial charge in [-0.2, -0.15) is 9.57 Å². The molecule has 10 nitrogen and oxygen atoms in total. The minimum absolute atomic E-state index is 0.0368. The zero-order valence-electron chi connectivity index (χ0n) is 20.1. The van der Waals surface area contributed by atoms with Crippen molar-refractivity contribution >= 4 is 33.2 Å². The van der Waals surface area contributed by atoms with Crippen LogP contribution in [0.4, 0.5) is 5.69 Å². The van der Waals surface area contributed by atoms with Gasteiger partial charge in [-0.25, -0.2) is 8.42 Å². The molecule has 2 N–H and O–H groups in total. The van der Waals surface area contributed by atoms with Crippen molar-refractivity contribution in [3.8, 4) is 17.6 Å². The van der Waals surface area contributed by atoms with Gasteiger partial charge in [-0.05, 0) is 42.8 Å². The number of rotatable bonds is 9. The molecule has 2 aromatic carbocycles. The molecule has 1 heterocycles. The van der Waals surface area contributed by atoms with E-state index in [1.165, 1.54) is 42.9 Å². The summed E-state index contributed by atoms with van der Waals surface area (Å²) in [6.45, 7) is 2.92. The van der Waals surface area contributed by atoms with Gasteiger partial charge in [0.2, 0.25) is 10.0 Å². The van der Waals surface area contributed by atoms with Gasteiger partial charge in [0, 0.05) is 19.3 Å². The van der Waals surface area contributed by atoms with Crippen molar-refractivity contribution in [1.82, 2.24) is 9.62 Å². The van der Waals surface area contributed by atoms with E-state index in [0.29, 0.717) is 24.7 Å². The molecule has 0 saturated carbocycles. The maximum atomic E-state index is 12.9. The summed E-state index contributed by atoms with van der Waals surface area (Å²) in [6.07, 6.45) is 1.18. The Labute approximate surface area is 215 Å². The van der Waals surface area contributed by atoms with E-state index in [-0.39, 0.29) is 34.3 Å². The summed E-state index contributed by atoms with van der Waals surface area (Å²) in [5, 5.41) is 15.3. The van der Waals surface area contributed by atoms with E-state index < -0.39 is 22.0 Å². The highest BCUT2D eigenvalue weighted by Crippen LogP contribution is 2.30. The van der Waals surface area contributed by atoms with Crippen molar-refractivity contribution in [1.29, 1.82) is 5.26 Å². The lowest BCUT2D eigenvalue weighted by atomic mass is 10.1. The van der Waals surface area contributed by atoms with Gasteiger partial charge in [0.25, 0.3) is 5.91 Å². The van der Waals surface area contributed by atoms with Gasteiger partial charge >= 0.3 is 0 Å². The maximum Gasteiger partial charge on any atom is 0.263 e. The molecule has 1 unspecified atom stereocenters. The topological polar surface area (TPSA) is 130 Å². The molecular formula is C24H27ClN4O6S. The smallest absolute Gasteiger partial charge is 0.263 e. The number of nitriles is 1. The second kappa shape index (κ2) is 12.1. The zero-order valence-corrected chi connectivity index (χ0v) is 21.6. The summed E-state index contributed by atoms with van der Waals surface area (Å²) in [4.78, 5) is 12.8. The van der Waals surface area contributed by atoms with E-state index in [2.05, 4.69) is 10.6 Å². The molecule has 0 bridgehead atoms. The highest BCUT2D eigenvalue weighted by atomic mass is 35.5. The molecule has 0 radical (unpaired) electrons. The molecule has 0 spiro atoms. The van der Waals surface area contributed by atoms with Crippen LogP contribution in [0.1, 0.15) is 18.5 Å². The molecule has 2 aromatic rings. The van der Waals surface area contributed by atoms with Crippen molar-refractivity contribution in [2.75, 3.05) is 45.8 Å². The molecule has 1 saturated heterocycles. The number of nitrogens with zero attached hydrogens (tertiary/aromatic N) is 2. The summed E-state index contributed by atoms with van der Waals surface area (Å²) < 4.78 is 43.0. The predicted octanol–water partition coefficient (Wildman–Crippen LogP) is 3.07. The van der Waals surface area contributed by atoms with Crippen LogP contribution in [0.2, 0.25) is 5.02 Å². The molecular weight excluding hydrogens is 508 g/mol. The van der Waals surface area contributed by atoms with Crippen LogP contribution in [-0.4, -0.2) is 59.2 Å². The molecule has 1 atom stereocenters. The van der Waals surface area contributed by atoms with Gasteiger partial charge in [0.1, 0.15) is 11.6 Å². The molecule has 36 heavy (non-hydrogen) atoms. The first-order valence-electron chi connectivity index (χ1n) is 11.0. The third kappa shape index (κ3) is 6.27. The van der Waals surface area contributed by atoms with Crippen LogP contribution in [-0.2, 0) is 19.6 Å². The minimum atomic E-state index is -3.75. The van der Waals surface area contributed by atoms with Crippen LogP contribution in [0.15, 0.2) is 53.1 Å². The number of morpholine rings is 1. The Morgan fingerprint density at radius 1 is 1.17 bits per heavy atom. The first-order chi connectivity index (χ1) is 17.2. The van der Waals surface area contributed by atoms with E-state index in [4.69, 9.17) is 25.8 Å². The monoisotopic (exact) mass is 534 g/mol. The van der Waals surface area contributed by atoms with E-state index in [1.54, 1.807) is 25.1 Å². The fourth-order valence-electron chi connectivity index (χ4n) is 3.49. The Kier molecular flexibility index (Phi) is 9.17. The fourth-order valence-corrected chi connectivity index (χ4v) is 5.10. The molecule has 1 amide bonds. The Balaban J connectivity index is 1.75. The maximum absolute atomic E-state index is 12.9. The first-order valence-corrected chi connectivity index (χ1v) is 12.8. The van der Waals surface area contributed by atoms with E-state index in [1.807, 2.05) is 6.07 Å². The van der Waals surface area contributed by atoms with Crippen molar-refractivity contribution in [2.45, 2.75) is 17.9 Å². The van der Waals surface area contributed by atoms with Crippen LogP contribution in [0.5, 0.6) is 11.5 Å². The second-order valence-electron chi connectivity index (χ2n) is 7.78. The number of anilines is 1. The van der Waals surface area contributed by atoms with Crippen LogP contribution < -0.4 is 20.1 Å². The Morgan fingerprint density at radius 3 is 2.50 bits per heavy atom. The number of ether oxygens (including phenoxy) is 3. The molecule has 3 rings (SSSR count). The normalized spacial score (nSPS) is 15.5. The van der Waals surface area contributed by atoms with Crippen LogP contribution in [0.25, 0.3) is 0 Å². The highest BCUT2D eigenvalue weighted by Gasteiger charge is 2.27. The second-order valence-corrected chi connectivity index (χ2v) is 10.1. The van der Waals surface area contributed by atoms with Gasteiger partial charge < -0.3 is 24.8 Å². The molecule has 0 aliphatic carbocycles. The average molecular weight is 535 g/mol. The van der Waals surface area contributed by atoms with E-state index in [0.717, 1.165) is 5.56 Å². The summed E-state index contributed by atoms with van der Waals surface area (Å²) in [6, 6.07) is 10.8. The lowest BCUT2D eigenvalue weighted by Crippen LogP contribution is -2.40. The number of carbonyl (C=O) groups excluding carboxylic acids is 1. The molecule has 1 fully saturated rings. The van der Waals surface area contributed by atoms with Gasteiger partial charge in [-0.3, -0.25) is 4.79 Å². The predicted molar refractivity (Wildman–Crippen MR) is 134 cm³/mol. The number of nitrogens with one attached hydrogen (secondary N) is 2. The molecule has 1 aliphatic rings. The average Bonchev–Trinajstić information content (AvgIpc) is 2.89. The van der Waals surface area contributed by atoms with Crippen molar-refractivity contribution in [3.05, 3.63) is 58.8 Å². The first kappa shape index (κ1) is 27.3. The van der Waals surface area contributed by atoms with Crippen LogP contribution in [0, 0.1) is 11.3 Å². The summed E-state index contributed by atoms with van der Waals surface area (Å²) in [5.74, 6) is 0.437. The van der Waals surface area contributed by atoms with Gasteiger partial charge in [0.15, 0.2) is 11.5 Å². The number of amides is 1. The Bertz CT molecular complexity index is 1290. The highest BCUT2D eigenvalue weighted by molar-refractivity contribution is 7.89. The number of hydrogen-bond acceptors (Lipinski definition) is 8. The van der Waals surface area contributed by atoms with E-state index >= 15 is 0 Å². The van der Waals surface area contributed by atoms with Crippen molar-refractivity contribution < 1.29 is 27.4 Å². The quantitative estimate of drug-likeness (QED) is 0.371. The fraction of sp³-hybridized carbons (Fsp3) is 0.333. The SMILES string of the molecule is COc1ccc(C(C)NC(=O)/C(C#N)=C\Nc2cc(S(=O)(=O)N3CCOCC3)ccc2Cl)cc1OC. The van der Waals surface area contributed by atoms with Crippen LogP contribution >= 0.6 is 11.6 Å². The van der Waals surface area contributed by atoms with E-state index in [9.17, 15) is 18.5 Å². The third-order valence-corrected chi connectivity index (χ3v) is 7.76. The lowest BCUT2D eigenvalue weighted by molar-refractivity contribution is -0.117. The van der Waals surface area contributed by atoms with Crippen LogP contribution in [0.3, 0.4) is 0 Å². The lowest BCUT2D eigenvalue weighted by Gasteiger charge is -2.26. The number of carbonyl (C=O) groups is 1. The largest absolute Gasteiger partial charge is 0.493 e. The summed E-state index contributed by atoms with van der Waals surface area (Å²) in [5.41, 5.74) is 0.759. The number of hydrogen-bond donors (Lipinski definition) is 2. The minimum Gasteiger partial charge on any atom is -0.493 e. The number of sulfonamides is 1. The summed E-state index contributed by atoms with van der Waals surface area (Å²) in [7, 11) is -0.708. The molecule has 0 aromatic heterocycles. The summed E-state index contributed by atoms with van der Waals surface area (Å²) >= 11 is 6.23. The Morgan fingerprint density at radius 2 is 1.86 bits per heavy atom. The van der Waals surface area contributed by atoms with Gasteiger partial charge in [-0.15, -0.1) is 0 Å². The van der Waals surface area contributed by atoms with Gasteiger partial charge in [0.05, 0.1) is 49.1 Å². The molecule has 192 valence electrons. The Hall–Kier alpha value is -3.30. The molecule has 12 heteroatoms. The van der Waals surface area contributed by atoms with Crippen molar-refractivity contribution in [2.24, 2.45) is 0 Å². The van der Waals surface area contributed by atoms with Crippen molar-refractivity contribution in [3.63, 3.8) is 0 Å². The number of halogens is 1. The number of methoxy groups -OCH3 is 2. The standard InChI is InChI=1S/C24H27ClN4O6S/c1-16(17-4-7-22(33-2)23(12-17)34-3)28-24(30)18(14-26)15-27-21-13-19(5-6-20(21)25)36(31,32)29-8-10-35-11-9-29/h4-7,12-13,15-16,27H,8-11H2,1-3H3,(H,28,30)/b18-15-. The number of benzene rings is 2. The zero-order chi connectivity index (χ0) is 26.3. The molecule has 1 aliphatic heterocycles. The van der Waals surface area contributed by atoms with Gasteiger partial charge in [-0.1, -0.05) is 17.7 Å².